The van der Waals surface area contributed by atoms with Crippen molar-refractivity contribution in [1.82, 2.24) is 9.88 Å². The highest BCUT2D eigenvalue weighted by Crippen LogP contribution is 2.21. The number of hydrogen-bond donors (Lipinski definition) is 2. The van der Waals surface area contributed by atoms with Gasteiger partial charge in [0.25, 0.3) is 5.91 Å². The van der Waals surface area contributed by atoms with Crippen molar-refractivity contribution in [2.45, 2.75) is 6.10 Å². The van der Waals surface area contributed by atoms with Crippen LogP contribution in [0.3, 0.4) is 0 Å². The van der Waals surface area contributed by atoms with Gasteiger partial charge < -0.3 is 15.0 Å². The van der Waals surface area contributed by atoms with Crippen LogP contribution >= 0.6 is 15.9 Å². The summed E-state index contributed by atoms with van der Waals surface area (Å²) >= 11 is 3.35. The summed E-state index contributed by atoms with van der Waals surface area (Å²) in [6, 6.07) is 15.0. The Bertz CT molecular complexity index is 857. The number of benzene rings is 2. The summed E-state index contributed by atoms with van der Waals surface area (Å²) in [4.78, 5) is 12.2. The Balaban J connectivity index is 1.69. The summed E-state index contributed by atoms with van der Waals surface area (Å²) in [7, 11) is 1.98. The van der Waals surface area contributed by atoms with Gasteiger partial charge in [-0.15, -0.1) is 0 Å². The molecular weight excluding hydrogens is 356 g/mol. The average Bonchev–Trinajstić information content (AvgIpc) is 2.93. The van der Waals surface area contributed by atoms with Gasteiger partial charge in [0.1, 0.15) is 0 Å². The number of aromatic nitrogens is 1. The zero-order chi connectivity index (χ0) is 16.4. The topological polar surface area (TPSA) is 54.3 Å². The number of carbonyl (C=O) groups excluding carboxylic acids is 1. The number of amides is 1. The van der Waals surface area contributed by atoms with E-state index in [1.165, 1.54) is 0 Å². The molecule has 1 amide bonds. The molecule has 5 heteroatoms. The molecule has 0 aliphatic heterocycles. The van der Waals surface area contributed by atoms with Crippen molar-refractivity contribution in [1.29, 1.82) is 0 Å². The van der Waals surface area contributed by atoms with Crippen LogP contribution in [0.2, 0.25) is 0 Å². The normalized spacial score (nSPS) is 12.3. The molecule has 1 aromatic heterocycles. The molecule has 118 valence electrons. The van der Waals surface area contributed by atoms with Gasteiger partial charge in [0, 0.05) is 29.8 Å². The number of aliphatic hydroxyl groups excluding tert-OH is 1. The summed E-state index contributed by atoms with van der Waals surface area (Å²) in [5, 5.41) is 14.2. The summed E-state index contributed by atoms with van der Waals surface area (Å²) in [5.41, 5.74) is 2.45. The lowest BCUT2D eigenvalue weighted by Crippen LogP contribution is -2.28. The predicted octanol–water partition coefficient (Wildman–Crippen LogP) is 3.40. The number of nitrogens with one attached hydrogen (secondary N) is 1. The van der Waals surface area contributed by atoms with Gasteiger partial charge in [-0.3, -0.25) is 4.79 Å². The van der Waals surface area contributed by atoms with Crippen LogP contribution in [-0.2, 0) is 7.05 Å². The molecular formula is C18H17BrN2O2. The Morgan fingerprint density at radius 3 is 2.83 bits per heavy atom. The van der Waals surface area contributed by atoms with Crippen LogP contribution in [0.4, 0.5) is 0 Å². The fourth-order valence-corrected chi connectivity index (χ4v) is 3.02. The van der Waals surface area contributed by atoms with Gasteiger partial charge in [0.2, 0.25) is 0 Å². The van der Waals surface area contributed by atoms with Crippen molar-refractivity contribution >= 4 is 32.7 Å². The van der Waals surface area contributed by atoms with E-state index in [9.17, 15) is 9.90 Å². The van der Waals surface area contributed by atoms with Crippen LogP contribution in [0.1, 0.15) is 22.0 Å². The summed E-state index contributed by atoms with van der Waals surface area (Å²) < 4.78 is 2.76. The Morgan fingerprint density at radius 2 is 2.04 bits per heavy atom. The average molecular weight is 373 g/mol. The van der Waals surface area contributed by atoms with Crippen LogP contribution in [0.15, 0.2) is 59.2 Å². The van der Waals surface area contributed by atoms with Crippen molar-refractivity contribution in [2.24, 2.45) is 7.05 Å². The number of nitrogens with zero attached hydrogens (tertiary/aromatic N) is 1. The van der Waals surface area contributed by atoms with E-state index in [-0.39, 0.29) is 12.5 Å². The minimum absolute atomic E-state index is 0.165. The quantitative estimate of drug-likeness (QED) is 0.737. The lowest BCUT2D eigenvalue weighted by Gasteiger charge is -2.13. The third-order valence-electron chi connectivity index (χ3n) is 3.87. The van der Waals surface area contributed by atoms with Gasteiger partial charge in [-0.05, 0) is 57.2 Å². The number of rotatable bonds is 4. The Kier molecular flexibility index (Phi) is 4.50. The molecule has 3 rings (SSSR count). The SMILES string of the molecule is Cn1ccc2cc([C@H](O)CNC(=O)c3ccccc3Br)ccc21. The van der Waals surface area contributed by atoms with E-state index in [2.05, 4.69) is 21.2 Å². The molecule has 0 bridgehead atoms. The van der Waals surface area contributed by atoms with Crippen LogP contribution in [0, 0.1) is 0 Å². The lowest BCUT2D eigenvalue weighted by atomic mass is 10.1. The van der Waals surface area contributed by atoms with Crippen molar-refractivity contribution in [3.8, 4) is 0 Å². The second-order valence-corrected chi connectivity index (χ2v) is 6.30. The Morgan fingerprint density at radius 1 is 1.26 bits per heavy atom. The molecule has 3 aromatic rings. The zero-order valence-corrected chi connectivity index (χ0v) is 14.2. The first-order chi connectivity index (χ1) is 11.1. The number of carbonyl (C=O) groups is 1. The monoisotopic (exact) mass is 372 g/mol. The molecule has 0 aliphatic carbocycles. The number of hydrogen-bond acceptors (Lipinski definition) is 2. The maximum atomic E-state index is 12.2. The minimum atomic E-state index is -0.744. The number of fused-ring (bicyclic) bond motifs is 1. The molecule has 0 fully saturated rings. The third kappa shape index (κ3) is 3.30. The second kappa shape index (κ2) is 6.56. The van der Waals surface area contributed by atoms with Crippen LogP contribution < -0.4 is 5.32 Å². The fraction of sp³-hybridized carbons (Fsp3) is 0.167. The van der Waals surface area contributed by atoms with Crippen LogP contribution in [-0.4, -0.2) is 22.1 Å². The van der Waals surface area contributed by atoms with Crippen molar-refractivity contribution in [2.75, 3.05) is 6.54 Å². The summed E-state index contributed by atoms with van der Waals surface area (Å²) in [6.07, 6.45) is 1.24. The molecule has 23 heavy (non-hydrogen) atoms. The van der Waals surface area contributed by atoms with Crippen LogP contribution in [0.5, 0.6) is 0 Å². The van der Waals surface area contributed by atoms with Gasteiger partial charge >= 0.3 is 0 Å². The summed E-state index contributed by atoms with van der Waals surface area (Å²) in [6.45, 7) is 0.165. The molecule has 0 aliphatic rings. The number of aliphatic hydroxyl groups is 1. The predicted molar refractivity (Wildman–Crippen MR) is 94.4 cm³/mol. The lowest BCUT2D eigenvalue weighted by molar-refractivity contribution is 0.0915. The third-order valence-corrected chi connectivity index (χ3v) is 4.56. The Hall–Kier alpha value is -2.11. The highest BCUT2D eigenvalue weighted by Gasteiger charge is 2.13. The molecule has 1 heterocycles. The minimum Gasteiger partial charge on any atom is -0.387 e. The first-order valence-corrected chi connectivity index (χ1v) is 8.11. The van der Waals surface area contributed by atoms with Crippen molar-refractivity contribution < 1.29 is 9.90 Å². The first kappa shape index (κ1) is 15.8. The van der Waals surface area contributed by atoms with Crippen LogP contribution in [0.25, 0.3) is 10.9 Å². The fourth-order valence-electron chi connectivity index (χ4n) is 2.56. The van der Waals surface area contributed by atoms with E-state index in [1.54, 1.807) is 12.1 Å². The van der Waals surface area contributed by atoms with Gasteiger partial charge in [0.15, 0.2) is 0 Å². The molecule has 0 saturated heterocycles. The van der Waals surface area contributed by atoms with E-state index in [4.69, 9.17) is 0 Å². The van der Waals surface area contributed by atoms with Gasteiger partial charge in [-0.2, -0.15) is 0 Å². The van der Waals surface area contributed by atoms with Gasteiger partial charge in [-0.1, -0.05) is 18.2 Å². The number of aryl methyl sites for hydroxylation is 1. The zero-order valence-electron chi connectivity index (χ0n) is 12.7. The maximum Gasteiger partial charge on any atom is 0.252 e. The summed E-state index contributed by atoms with van der Waals surface area (Å²) in [5.74, 6) is -0.211. The molecule has 4 nitrogen and oxygen atoms in total. The molecule has 0 unspecified atom stereocenters. The molecule has 0 radical (unpaired) electrons. The van der Waals surface area contributed by atoms with E-state index < -0.39 is 6.10 Å². The largest absolute Gasteiger partial charge is 0.387 e. The van der Waals surface area contributed by atoms with E-state index in [0.29, 0.717) is 5.56 Å². The highest BCUT2D eigenvalue weighted by molar-refractivity contribution is 9.10. The standard InChI is InChI=1S/C18H17BrN2O2/c1-21-9-8-12-10-13(6-7-16(12)21)17(22)11-20-18(23)14-4-2-3-5-15(14)19/h2-10,17,22H,11H2,1H3,(H,20,23)/t17-/m1/s1. The first-order valence-electron chi connectivity index (χ1n) is 7.32. The maximum absolute atomic E-state index is 12.2. The van der Waals surface area contributed by atoms with Crippen molar-refractivity contribution in [3.63, 3.8) is 0 Å². The molecule has 0 saturated carbocycles. The van der Waals surface area contributed by atoms with Crippen molar-refractivity contribution in [3.05, 3.63) is 70.3 Å². The number of halogens is 1. The Labute approximate surface area is 142 Å². The molecule has 2 N–H and O–H groups in total. The smallest absolute Gasteiger partial charge is 0.252 e. The molecule has 0 spiro atoms. The second-order valence-electron chi connectivity index (χ2n) is 5.45. The molecule has 1 atom stereocenters. The van der Waals surface area contributed by atoms with Gasteiger partial charge in [-0.25, -0.2) is 0 Å². The van der Waals surface area contributed by atoms with E-state index in [1.807, 2.05) is 54.2 Å². The van der Waals surface area contributed by atoms with E-state index >= 15 is 0 Å². The van der Waals surface area contributed by atoms with Gasteiger partial charge in [0.05, 0.1) is 11.7 Å². The molecule has 2 aromatic carbocycles. The highest BCUT2D eigenvalue weighted by atomic mass is 79.9. The van der Waals surface area contributed by atoms with E-state index in [0.717, 1.165) is 20.9 Å².